The first-order valence-electron chi connectivity index (χ1n) is 41.8. The summed E-state index contributed by atoms with van der Waals surface area (Å²) in [7, 11) is -9.81. The number of hydrogen-bond acceptors (Lipinski definition) is 14. The van der Waals surface area contributed by atoms with Gasteiger partial charge in [-0.25, -0.2) is 9.13 Å². The topological polar surface area (TPSA) is 231 Å². The van der Waals surface area contributed by atoms with E-state index in [0.29, 0.717) is 19.3 Å². The zero-order valence-electron chi connectivity index (χ0n) is 67.0. The normalized spacial score (nSPS) is 14.7. The number of phosphoric acid groups is 2. The summed E-state index contributed by atoms with van der Waals surface area (Å²) in [5, 5.41) is 20.7. The number of unbranched alkanes of at least 4 members (excludes halogenated alkanes) is 29. The van der Waals surface area contributed by atoms with Crippen LogP contribution in [0.15, 0.2) is 158 Å². The summed E-state index contributed by atoms with van der Waals surface area (Å²) in [6.45, 7) is 2.41. The third-order valence-electron chi connectivity index (χ3n) is 17.2. The fraction of sp³-hybridized carbons (Fsp3) is 0.674. The van der Waals surface area contributed by atoms with Gasteiger partial charge in [-0.1, -0.05) is 320 Å². The summed E-state index contributed by atoms with van der Waals surface area (Å²) in [4.78, 5) is 58.8. The molecule has 0 aromatic carbocycles. The molecular formula is C89H150O16P2. The Kier molecular flexibility index (Phi) is 77.0. The van der Waals surface area contributed by atoms with Crippen molar-refractivity contribution >= 4 is 33.6 Å². The highest BCUT2D eigenvalue weighted by Crippen LogP contribution is 2.45. The molecule has 0 rings (SSSR count). The van der Waals surface area contributed by atoms with E-state index in [2.05, 4.69) is 179 Å². The molecular weight excluding hydrogens is 1390 g/mol. The number of rotatable bonds is 78. The maximum Gasteiger partial charge on any atom is 0.472 e. The summed E-state index contributed by atoms with van der Waals surface area (Å²) >= 11 is 0. The molecule has 0 aromatic heterocycles. The minimum Gasteiger partial charge on any atom is -0.463 e. The average Bonchev–Trinajstić information content (AvgIpc) is 0.913. The van der Waals surface area contributed by atoms with E-state index in [9.17, 15) is 43.5 Å². The van der Waals surface area contributed by atoms with Gasteiger partial charge in [-0.2, -0.15) is 0 Å². The van der Waals surface area contributed by atoms with Gasteiger partial charge in [0.1, 0.15) is 25.4 Å². The predicted octanol–water partition coefficient (Wildman–Crippen LogP) is 25.0. The molecule has 18 heteroatoms. The van der Waals surface area contributed by atoms with Crippen molar-refractivity contribution in [2.24, 2.45) is 0 Å². The van der Waals surface area contributed by atoms with E-state index in [1.54, 1.807) is 0 Å². The average molecular weight is 1540 g/mol. The Hall–Kier alpha value is -4.83. The molecule has 0 saturated carbocycles. The number of phosphoric ester groups is 2. The highest BCUT2D eigenvalue weighted by atomic mass is 31.2. The molecule has 5 unspecified atom stereocenters. The van der Waals surface area contributed by atoms with Crippen LogP contribution in [0.1, 0.15) is 329 Å². The first kappa shape index (κ1) is 102. The standard InChI is InChI=1S/C89H150O16P2/c1-4-7-10-13-16-19-22-25-28-30-32-34-36-38-40-41-43-45-46-48-50-52-55-57-60-63-66-69-72-75-87(92)99-78-84(90)79-101-106(95,96)102-80-85(91)81-103-107(97,98)104-83-86(105-89(94)77-74-71-68-65-62-59-54-27-24-21-18-15-12-9-6-3)82-100-88(93)76-73-70-67-64-61-58-56-53-51-49-47-44-42-39-37-35-33-31-29-26-23-20-17-14-11-8-5-2/h8-9,11-12,16-21,25-29,32-35,38-40,42,47,49,54,84-86,90-91H,4-7,10,13-15,22-24,30-31,36-37,41,43-46,48,50-53,55-83H2,1-3H3,(H,95,96)(H,97,98)/b11-8-,12-9-,19-16-,20-17-,21-18-,28-25-,29-26-,34-32-,35-33-,40-38-,42-39-,49-47-,54-27-. The lowest BCUT2D eigenvalue weighted by Gasteiger charge is -2.21. The summed E-state index contributed by atoms with van der Waals surface area (Å²) < 4.78 is 61.2. The Labute approximate surface area is 650 Å². The third-order valence-corrected chi connectivity index (χ3v) is 19.1. The van der Waals surface area contributed by atoms with Gasteiger partial charge >= 0.3 is 33.6 Å². The molecule has 16 nitrogen and oxygen atoms in total. The van der Waals surface area contributed by atoms with Gasteiger partial charge in [-0.3, -0.25) is 32.5 Å². The van der Waals surface area contributed by atoms with Gasteiger partial charge in [0, 0.05) is 19.3 Å². The van der Waals surface area contributed by atoms with Gasteiger partial charge in [0.2, 0.25) is 0 Å². The quantitative estimate of drug-likeness (QED) is 0.0146. The highest BCUT2D eigenvalue weighted by molar-refractivity contribution is 7.47. The Balaban J connectivity index is 4.56. The van der Waals surface area contributed by atoms with Crippen molar-refractivity contribution in [1.29, 1.82) is 0 Å². The van der Waals surface area contributed by atoms with Gasteiger partial charge in [-0.15, -0.1) is 0 Å². The molecule has 0 bridgehead atoms. The molecule has 5 atom stereocenters. The Morgan fingerprint density at radius 2 is 0.495 bits per heavy atom. The monoisotopic (exact) mass is 1540 g/mol. The second-order valence-electron chi connectivity index (χ2n) is 27.5. The van der Waals surface area contributed by atoms with Crippen LogP contribution in [-0.4, -0.2) is 95.9 Å². The van der Waals surface area contributed by atoms with E-state index >= 15 is 0 Å². The molecule has 0 radical (unpaired) electrons. The van der Waals surface area contributed by atoms with E-state index in [1.807, 2.05) is 0 Å². The lowest BCUT2D eigenvalue weighted by molar-refractivity contribution is -0.161. The molecule has 0 spiro atoms. The molecule has 612 valence electrons. The Morgan fingerprint density at radius 1 is 0.271 bits per heavy atom. The van der Waals surface area contributed by atoms with Crippen LogP contribution < -0.4 is 0 Å². The number of aliphatic hydroxyl groups excluding tert-OH is 2. The molecule has 0 aromatic rings. The summed E-state index contributed by atoms with van der Waals surface area (Å²) in [6, 6.07) is 0. The largest absolute Gasteiger partial charge is 0.472 e. The Morgan fingerprint density at radius 3 is 0.785 bits per heavy atom. The summed E-state index contributed by atoms with van der Waals surface area (Å²) in [5.74, 6) is -1.61. The smallest absolute Gasteiger partial charge is 0.463 e. The van der Waals surface area contributed by atoms with Crippen LogP contribution in [0.3, 0.4) is 0 Å². The summed E-state index contributed by atoms with van der Waals surface area (Å²) in [5.41, 5.74) is 0. The highest BCUT2D eigenvalue weighted by Gasteiger charge is 2.29. The van der Waals surface area contributed by atoms with Gasteiger partial charge < -0.3 is 34.2 Å². The molecule has 0 aliphatic rings. The van der Waals surface area contributed by atoms with Crippen LogP contribution in [0.4, 0.5) is 0 Å². The lowest BCUT2D eigenvalue weighted by Crippen LogP contribution is -2.30. The number of aliphatic hydroxyl groups is 2. The fourth-order valence-corrected chi connectivity index (χ4v) is 12.5. The predicted molar refractivity (Wildman–Crippen MR) is 445 cm³/mol. The van der Waals surface area contributed by atoms with Gasteiger partial charge in [0.15, 0.2) is 6.10 Å². The number of hydrogen-bond donors (Lipinski definition) is 4. The minimum absolute atomic E-state index is 0.0785. The lowest BCUT2D eigenvalue weighted by atomic mass is 10.0. The van der Waals surface area contributed by atoms with E-state index in [1.165, 1.54) is 89.9 Å². The van der Waals surface area contributed by atoms with Crippen LogP contribution >= 0.6 is 15.6 Å². The third kappa shape index (κ3) is 82.0. The van der Waals surface area contributed by atoms with E-state index in [4.69, 9.17) is 32.3 Å². The maximum absolute atomic E-state index is 13.0. The van der Waals surface area contributed by atoms with Gasteiger partial charge in [0.05, 0.1) is 26.4 Å². The molecule has 0 heterocycles. The van der Waals surface area contributed by atoms with Crippen molar-refractivity contribution in [1.82, 2.24) is 0 Å². The molecule has 0 aliphatic carbocycles. The van der Waals surface area contributed by atoms with Crippen molar-refractivity contribution in [3.8, 4) is 0 Å². The molecule has 0 amide bonds. The van der Waals surface area contributed by atoms with Crippen LogP contribution in [0, 0.1) is 0 Å². The van der Waals surface area contributed by atoms with E-state index in [-0.39, 0.29) is 19.3 Å². The van der Waals surface area contributed by atoms with Crippen LogP contribution in [-0.2, 0) is 55.8 Å². The number of allylic oxidation sites excluding steroid dienone is 26. The second-order valence-corrected chi connectivity index (χ2v) is 30.4. The molecule has 107 heavy (non-hydrogen) atoms. The van der Waals surface area contributed by atoms with Gasteiger partial charge in [0.25, 0.3) is 0 Å². The molecule has 0 aliphatic heterocycles. The van der Waals surface area contributed by atoms with Crippen LogP contribution in [0.25, 0.3) is 0 Å². The van der Waals surface area contributed by atoms with Crippen molar-refractivity contribution in [3.63, 3.8) is 0 Å². The minimum atomic E-state index is -4.94. The molecule has 4 N–H and O–H groups in total. The number of carbonyl (C=O) groups is 3. The zero-order valence-corrected chi connectivity index (χ0v) is 68.8. The zero-order chi connectivity index (χ0) is 78.0. The number of esters is 3. The SMILES string of the molecule is CC/C=C\C/C=C\C/C=C\C/C=C\C/C=C\C/C=C\CCCCCCCCCCC(=O)OCC(COP(=O)(O)OCC(O)COP(=O)(O)OCC(O)COC(=O)CCCCCCCCCCCCCCC/C=C\C/C=C\C/C=C\C/C=C\CCCCC)OC(=O)CCCCCCC/C=C\C/C=C\C/C=C\CC. The van der Waals surface area contributed by atoms with E-state index < -0.39 is 91.5 Å². The van der Waals surface area contributed by atoms with Crippen LogP contribution in [0.5, 0.6) is 0 Å². The van der Waals surface area contributed by atoms with Crippen molar-refractivity contribution in [2.75, 3.05) is 39.6 Å². The first-order valence-corrected chi connectivity index (χ1v) is 44.8. The summed E-state index contributed by atoms with van der Waals surface area (Å²) in [6.07, 6.45) is 101. The maximum atomic E-state index is 13.0. The molecule has 0 fully saturated rings. The number of ether oxygens (including phenoxy) is 3. The second kappa shape index (κ2) is 80.7. The van der Waals surface area contributed by atoms with Crippen molar-refractivity contribution in [3.05, 3.63) is 158 Å². The number of carbonyl (C=O) groups excluding carboxylic acids is 3. The van der Waals surface area contributed by atoms with E-state index in [0.717, 1.165) is 180 Å². The van der Waals surface area contributed by atoms with Crippen molar-refractivity contribution < 1.29 is 75.8 Å². The van der Waals surface area contributed by atoms with Crippen molar-refractivity contribution in [2.45, 2.75) is 347 Å². The first-order chi connectivity index (χ1) is 52.2. The van der Waals surface area contributed by atoms with Gasteiger partial charge in [-0.05, 0) is 148 Å². The fourth-order valence-electron chi connectivity index (χ4n) is 10.9. The Bertz CT molecular complexity index is 2580. The molecule has 0 saturated heterocycles. The van der Waals surface area contributed by atoms with Crippen LogP contribution in [0.2, 0.25) is 0 Å².